The first-order valence-corrected chi connectivity index (χ1v) is 8.09. The Balaban J connectivity index is 4.39. The lowest BCUT2D eigenvalue weighted by molar-refractivity contribution is 0.329. The number of rotatable bonds is 7. The normalized spacial score (nSPS) is 16.6. The molecular weight excluding hydrogens is 228 g/mol. The fourth-order valence-electron chi connectivity index (χ4n) is 1.02. The molecule has 0 aliphatic heterocycles. The molecule has 0 bridgehead atoms. The molecule has 8 heteroatoms. The van der Waals surface area contributed by atoms with Gasteiger partial charge in [0.2, 0.25) is 7.37 Å². The van der Waals surface area contributed by atoms with E-state index >= 15 is 0 Å². The minimum atomic E-state index is -4.29. The van der Waals surface area contributed by atoms with Crippen LogP contribution < -0.4 is 5.73 Å². The van der Waals surface area contributed by atoms with E-state index in [1.54, 1.807) is 6.92 Å². The van der Waals surface area contributed by atoms with Gasteiger partial charge in [0.25, 0.3) is 0 Å². The maximum Gasteiger partial charge on any atom is 0.335 e. The summed E-state index contributed by atoms with van der Waals surface area (Å²) in [6, 6.07) is 0. The summed E-state index contributed by atoms with van der Waals surface area (Å²) in [6.45, 7) is 2.15. The Morgan fingerprint density at radius 2 is 1.93 bits per heavy atom. The van der Waals surface area contributed by atoms with Gasteiger partial charge < -0.3 is 20.0 Å². The summed E-state index contributed by atoms with van der Waals surface area (Å²) >= 11 is 0. The van der Waals surface area contributed by atoms with Gasteiger partial charge in [0, 0.05) is 6.16 Å². The highest BCUT2D eigenvalue weighted by molar-refractivity contribution is 7.73. The average molecular weight is 245 g/mol. The van der Waals surface area contributed by atoms with Crippen molar-refractivity contribution in [1.29, 1.82) is 0 Å². The van der Waals surface area contributed by atoms with Crippen LogP contribution in [0.1, 0.15) is 13.3 Å². The van der Waals surface area contributed by atoms with Crippen LogP contribution in [0, 0.1) is 0 Å². The molecule has 0 aliphatic carbocycles. The molecule has 1 unspecified atom stereocenters. The van der Waals surface area contributed by atoms with Gasteiger partial charge in [0.15, 0.2) is 0 Å². The SMILES string of the molecule is CCOP(=O)(CCCN)CP(=O)(O)O. The van der Waals surface area contributed by atoms with Crippen LogP contribution in [0.15, 0.2) is 0 Å². The van der Waals surface area contributed by atoms with Crippen molar-refractivity contribution in [2.75, 3.05) is 25.2 Å². The van der Waals surface area contributed by atoms with Crippen molar-refractivity contribution in [2.24, 2.45) is 5.73 Å². The van der Waals surface area contributed by atoms with Gasteiger partial charge in [0.1, 0.15) is 5.90 Å². The number of hydrogen-bond acceptors (Lipinski definition) is 4. The Morgan fingerprint density at radius 3 is 2.29 bits per heavy atom. The summed E-state index contributed by atoms with van der Waals surface area (Å²) in [7, 11) is -7.49. The lowest BCUT2D eigenvalue weighted by atomic mass is 10.5. The van der Waals surface area contributed by atoms with Crippen LogP contribution in [-0.4, -0.2) is 35.0 Å². The summed E-state index contributed by atoms with van der Waals surface area (Å²) in [6.07, 6.45) is 0.569. The maximum absolute atomic E-state index is 11.8. The zero-order chi connectivity index (χ0) is 11.2. The van der Waals surface area contributed by atoms with E-state index in [4.69, 9.17) is 20.0 Å². The molecule has 0 rings (SSSR count). The van der Waals surface area contributed by atoms with E-state index in [-0.39, 0.29) is 12.8 Å². The first-order chi connectivity index (χ1) is 6.33. The summed E-state index contributed by atoms with van der Waals surface area (Å²) < 4.78 is 27.4. The van der Waals surface area contributed by atoms with E-state index in [9.17, 15) is 9.13 Å². The lowest BCUT2D eigenvalue weighted by Crippen LogP contribution is -2.06. The van der Waals surface area contributed by atoms with Crippen LogP contribution in [0.25, 0.3) is 0 Å². The van der Waals surface area contributed by atoms with Gasteiger partial charge in [-0.2, -0.15) is 0 Å². The van der Waals surface area contributed by atoms with Crippen LogP contribution >= 0.6 is 15.0 Å². The van der Waals surface area contributed by atoms with Crippen molar-refractivity contribution in [1.82, 2.24) is 0 Å². The number of hydrogen-bond donors (Lipinski definition) is 3. The first kappa shape index (κ1) is 14.3. The quantitative estimate of drug-likeness (QED) is 0.572. The maximum atomic E-state index is 11.8. The molecule has 0 aliphatic rings. The molecule has 0 radical (unpaired) electrons. The summed E-state index contributed by atoms with van der Waals surface area (Å²) in [4.78, 5) is 17.4. The minimum absolute atomic E-state index is 0.127. The second-order valence-electron chi connectivity index (χ2n) is 2.90. The third-order valence-corrected chi connectivity index (χ3v) is 6.39. The van der Waals surface area contributed by atoms with E-state index in [1.807, 2.05) is 0 Å². The lowest BCUT2D eigenvalue weighted by Gasteiger charge is -2.17. The molecule has 0 amide bonds. The van der Waals surface area contributed by atoms with Gasteiger partial charge in [0.05, 0.1) is 6.61 Å². The molecule has 0 saturated heterocycles. The van der Waals surface area contributed by atoms with Crippen LogP contribution in [0.4, 0.5) is 0 Å². The number of nitrogens with two attached hydrogens (primary N) is 1. The molecule has 14 heavy (non-hydrogen) atoms. The summed E-state index contributed by atoms with van der Waals surface area (Å²) in [5.41, 5.74) is 5.22. The predicted molar refractivity (Wildman–Crippen MR) is 54.7 cm³/mol. The molecule has 0 heterocycles. The fraction of sp³-hybridized carbons (Fsp3) is 1.00. The second kappa shape index (κ2) is 6.01. The molecule has 0 aromatic heterocycles. The molecule has 6 nitrogen and oxygen atoms in total. The molecule has 0 fully saturated rings. The van der Waals surface area contributed by atoms with Gasteiger partial charge >= 0.3 is 7.60 Å². The Labute approximate surface area is 83.4 Å². The third kappa shape index (κ3) is 6.71. The van der Waals surface area contributed by atoms with Crippen LogP contribution in [0.3, 0.4) is 0 Å². The van der Waals surface area contributed by atoms with Crippen molar-refractivity contribution in [3.05, 3.63) is 0 Å². The predicted octanol–water partition coefficient (Wildman–Crippen LogP) is 0.785. The molecular formula is C6H17NO5P2. The standard InChI is InChI=1S/C6H17NO5P2/c1-2-12-13(8,5-3-4-7)6-14(9,10)11/h2-7H2,1H3,(H2,9,10,11). The summed E-state index contributed by atoms with van der Waals surface area (Å²) in [5.74, 6) is -0.687. The van der Waals surface area contributed by atoms with E-state index in [0.29, 0.717) is 13.0 Å². The van der Waals surface area contributed by atoms with Crippen molar-refractivity contribution in [3.63, 3.8) is 0 Å². The zero-order valence-electron chi connectivity index (χ0n) is 8.13. The highest BCUT2D eigenvalue weighted by Gasteiger charge is 2.31. The minimum Gasteiger partial charge on any atom is -0.330 e. The molecule has 0 spiro atoms. The third-order valence-electron chi connectivity index (χ3n) is 1.47. The van der Waals surface area contributed by atoms with E-state index in [0.717, 1.165) is 0 Å². The second-order valence-corrected chi connectivity index (χ2v) is 7.70. The van der Waals surface area contributed by atoms with Gasteiger partial charge in [-0.1, -0.05) is 0 Å². The van der Waals surface area contributed by atoms with Gasteiger partial charge in [-0.25, -0.2) is 0 Å². The van der Waals surface area contributed by atoms with Gasteiger partial charge in [-0.3, -0.25) is 9.13 Å². The molecule has 86 valence electrons. The molecule has 0 aromatic rings. The van der Waals surface area contributed by atoms with Gasteiger partial charge in [-0.05, 0) is 19.9 Å². The molecule has 0 aromatic carbocycles. The largest absolute Gasteiger partial charge is 0.335 e. The monoisotopic (exact) mass is 245 g/mol. The fourth-order valence-corrected chi connectivity index (χ4v) is 5.43. The van der Waals surface area contributed by atoms with Crippen LogP contribution in [0.2, 0.25) is 0 Å². The van der Waals surface area contributed by atoms with E-state index in [2.05, 4.69) is 0 Å². The Bertz CT molecular complexity index is 251. The van der Waals surface area contributed by atoms with Crippen molar-refractivity contribution < 1.29 is 23.4 Å². The molecule has 4 N–H and O–H groups in total. The Hall–Kier alpha value is 0.300. The van der Waals surface area contributed by atoms with Crippen LogP contribution in [0.5, 0.6) is 0 Å². The van der Waals surface area contributed by atoms with Crippen molar-refractivity contribution in [3.8, 4) is 0 Å². The van der Waals surface area contributed by atoms with Crippen molar-refractivity contribution >= 4 is 15.0 Å². The van der Waals surface area contributed by atoms with Crippen LogP contribution in [-0.2, 0) is 13.7 Å². The zero-order valence-corrected chi connectivity index (χ0v) is 9.92. The van der Waals surface area contributed by atoms with Gasteiger partial charge in [-0.15, -0.1) is 0 Å². The Kier molecular flexibility index (Phi) is 6.14. The molecule has 1 atom stereocenters. The van der Waals surface area contributed by atoms with Crippen molar-refractivity contribution in [2.45, 2.75) is 13.3 Å². The Morgan fingerprint density at radius 1 is 1.36 bits per heavy atom. The smallest absolute Gasteiger partial charge is 0.330 e. The molecule has 0 saturated carbocycles. The van der Waals surface area contributed by atoms with E-state index < -0.39 is 20.9 Å². The highest BCUT2D eigenvalue weighted by atomic mass is 31.2. The average Bonchev–Trinajstić information content (AvgIpc) is 1.98. The highest BCUT2D eigenvalue weighted by Crippen LogP contribution is 2.58. The van der Waals surface area contributed by atoms with E-state index in [1.165, 1.54) is 0 Å². The first-order valence-electron chi connectivity index (χ1n) is 4.30. The summed E-state index contributed by atoms with van der Waals surface area (Å²) in [5, 5.41) is 0. The topological polar surface area (TPSA) is 110 Å².